The molecule has 1 N–H and O–H groups in total. The van der Waals surface area contributed by atoms with Crippen LogP contribution in [0.15, 0.2) is 35.7 Å². The Kier molecular flexibility index (Phi) is 5.13. The summed E-state index contributed by atoms with van der Waals surface area (Å²) in [5.41, 5.74) is 3.99. The number of carbonyl (C=O) groups excluding carboxylic acids is 1. The van der Waals surface area contributed by atoms with Crippen molar-refractivity contribution in [3.05, 3.63) is 57.3 Å². The Bertz CT molecular complexity index is 680. The molecule has 0 aliphatic heterocycles. The minimum absolute atomic E-state index is 0.114. The van der Waals surface area contributed by atoms with Gasteiger partial charge < -0.3 is 5.32 Å². The first-order valence-electron chi connectivity index (χ1n) is 8.22. The molecule has 0 spiro atoms. The number of fused-ring (bicyclic) bond motifs is 1. The average molecular weight is 328 g/mol. The smallest absolute Gasteiger partial charge is 0.234 e. The minimum atomic E-state index is 0.114. The summed E-state index contributed by atoms with van der Waals surface area (Å²) < 4.78 is 0. The summed E-state index contributed by atoms with van der Waals surface area (Å²) in [6.07, 6.45) is 3.31. The van der Waals surface area contributed by atoms with Crippen molar-refractivity contribution in [3.63, 3.8) is 0 Å². The third-order valence-corrected chi connectivity index (χ3v) is 5.51. The molecule has 3 nitrogen and oxygen atoms in total. The van der Waals surface area contributed by atoms with Crippen LogP contribution in [0.4, 0.5) is 0 Å². The van der Waals surface area contributed by atoms with E-state index in [-0.39, 0.29) is 11.9 Å². The number of hydrogen-bond acceptors (Lipinski definition) is 3. The minimum Gasteiger partial charge on any atom is -0.348 e. The summed E-state index contributed by atoms with van der Waals surface area (Å²) in [7, 11) is 2.01. The van der Waals surface area contributed by atoms with Gasteiger partial charge in [-0.05, 0) is 61.4 Å². The molecule has 1 aliphatic rings. The number of nitrogens with one attached hydrogen (secondary N) is 1. The van der Waals surface area contributed by atoms with Gasteiger partial charge in [0.1, 0.15) is 0 Å². The van der Waals surface area contributed by atoms with Crippen LogP contribution in [0, 0.1) is 6.92 Å². The molecular formula is C19H24N2OS. The molecule has 1 heterocycles. The number of nitrogens with zero attached hydrogens (tertiary/aromatic N) is 1. The fourth-order valence-electron chi connectivity index (χ4n) is 3.26. The van der Waals surface area contributed by atoms with Gasteiger partial charge in [0.15, 0.2) is 0 Å². The van der Waals surface area contributed by atoms with Gasteiger partial charge in [-0.1, -0.05) is 24.3 Å². The van der Waals surface area contributed by atoms with E-state index >= 15 is 0 Å². The van der Waals surface area contributed by atoms with E-state index in [1.165, 1.54) is 21.6 Å². The third kappa shape index (κ3) is 4.01. The van der Waals surface area contributed by atoms with E-state index in [0.717, 1.165) is 25.8 Å². The molecule has 3 rings (SSSR count). The lowest BCUT2D eigenvalue weighted by Crippen LogP contribution is -2.38. The molecule has 122 valence electrons. The maximum absolute atomic E-state index is 12.4. The van der Waals surface area contributed by atoms with Crippen molar-refractivity contribution in [3.8, 4) is 0 Å². The molecule has 0 radical (unpaired) electrons. The van der Waals surface area contributed by atoms with Gasteiger partial charge in [-0.25, -0.2) is 0 Å². The number of likely N-dealkylation sites (N-methyl/N-ethyl adjacent to an activating group) is 1. The molecular weight excluding hydrogens is 304 g/mol. The molecule has 2 aromatic rings. The second kappa shape index (κ2) is 7.28. The van der Waals surface area contributed by atoms with E-state index in [0.29, 0.717) is 6.54 Å². The van der Waals surface area contributed by atoms with Crippen LogP contribution in [-0.2, 0) is 17.8 Å². The first-order valence-corrected chi connectivity index (χ1v) is 9.10. The molecule has 1 aliphatic carbocycles. The summed E-state index contributed by atoms with van der Waals surface area (Å²) >= 11 is 1.76. The molecule has 1 aromatic carbocycles. The normalized spacial score (nSPS) is 17.1. The highest BCUT2D eigenvalue weighted by Crippen LogP contribution is 2.29. The first kappa shape index (κ1) is 16.2. The zero-order valence-electron chi connectivity index (χ0n) is 13.8. The number of amides is 1. The van der Waals surface area contributed by atoms with Crippen molar-refractivity contribution >= 4 is 17.2 Å². The third-order valence-electron chi connectivity index (χ3n) is 4.50. The van der Waals surface area contributed by atoms with Crippen LogP contribution in [0.2, 0.25) is 0 Å². The number of rotatable bonds is 5. The molecule has 1 aromatic heterocycles. The van der Waals surface area contributed by atoms with E-state index in [9.17, 15) is 4.79 Å². The lowest BCUT2D eigenvalue weighted by Gasteiger charge is -2.27. The molecule has 23 heavy (non-hydrogen) atoms. The quantitative estimate of drug-likeness (QED) is 0.908. The summed E-state index contributed by atoms with van der Waals surface area (Å²) in [6.45, 7) is 3.40. The van der Waals surface area contributed by atoms with E-state index in [1.807, 2.05) is 7.05 Å². The molecule has 1 amide bonds. The number of benzene rings is 1. The topological polar surface area (TPSA) is 32.3 Å². The van der Waals surface area contributed by atoms with Crippen molar-refractivity contribution in [1.29, 1.82) is 0 Å². The predicted molar refractivity (Wildman–Crippen MR) is 95.7 cm³/mol. The second-order valence-corrected chi connectivity index (χ2v) is 7.41. The molecule has 0 bridgehead atoms. The summed E-state index contributed by atoms with van der Waals surface area (Å²) in [4.78, 5) is 15.8. The van der Waals surface area contributed by atoms with Crippen LogP contribution in [0.5, 0.6) is 0 Å². The number of carbonyl (C=O) groups is 1. The van der Waals surface area contributed by atoms with Crippen molar-refractivity contribution in [2.75, 3.05) is 13.6 Å². The predicted octanol–water partition coefficient (Wildman–Crippen LogP) is 3.68. The largest absolute Gasteiger partial charge is 0.348 e. The Balaban J connectivity index is 1.57. The number of hydrogen-bond donors (Lipinski definition) is 1. The average Bonchev–Trinajstić information content (AvgIpc) is 2.92. The van der Waals surface area contributed by atoms with Gasteiger partial charge in [-0.15, -0.1) is 11.3 Å². The highest BCUT2D eigenvalue weighted by Gasteiger charge is 2.21. The van der Waals surface area contributed by atoms with Gasteiger partial charge in [0.05, 0.1) is 12.6 Å². The van der Waals surface area contributed by atoms with Gasteiger partial charge in [-0.3, -0.25) is 9.69 Å². The first-order chi connectivity index (χ1) is 11.1. The second-order valence-electron chi connectivity index (χ2n) is 6.41. The van der Waals surface area contributed by atoms with Crippen LogP contribution in [0.1, 0.15) is 40.5 Å². The fourth-order valence-corrected chi connectivity index (χ4v) is 4.24. The van der Waals surface area contributed by atoms with Gasteiger partial charge in [-0.2, -0.15) is 0 Å². The Morgan fingerprint density at radius 3 is 2.96 bits per heavy atom. The van der Waals surface area contributed by atoms with E-state index in [2.05, 4.69) is 52.9 Å². The Morgan fingerprint density at radius 2 is 2.17 bits per heavy atom. The van der Waals surface area contributed by atoms with Gasteiger partial charge in [0, 0.05) is 11.4 Å². The van der Waals surface area contributed by atoms with Crippen LogP contribution in [-0.4, -0.2) is 24.4 Å². The highest BCUT2D eigenvalue weighted by molar-refractivity contribution is 7.10. The van der Waals surface area contributed by atoms with Crippen LogP contribution in [0.3, 0.4) is 0 Å². The summed E-state index contributed by atoms with van der Waals surface area (Å²) in [5.74, 6) is 0.114. The molecule has 0 saturated carbocycles. The molecule has 1 atom stereocenters. The molecule has 4 heteroatoms. The van der Waals surface area contributed by atoms with Crippen molar-refractivity contribution in [2.45, 2.75) is 38.8 Å². The van der Waals surface area contributed by atoms with Crippen molar-refractivity contribution < 1.29 is 4.79 Å². The fraction of sp³-hybridized carbons (Fsp3) is 0.421. The van der Waals surface area contributed by atoms with E-state index in [1.54, 1.807) is 11.3 Å². The monoisotopic (exact) mass is 328 g/mol. The maximum atomic E-state index is 12.4. The zero-order valence-corrected chi connectivity index (χ0v) is 14.7. The maximum Gasteiger partial charge on any atom is 0.234 e. The van der Waals surface area contributed by atoms with Crippen molar-refractivity contribution in [2.24, 2.45) is 0 Å². The lowest BCUT2D eigenvalue weighted by atomic mass is 9.88. The summed E-state index contributed by atoms with van der Waals surface area (Å²) in [5, 5.41) is 5.33. The van der Waals surface area contributed by atoms with Crippen LogP contribution >= 0.6 is 11.3 Å². The van der Waals surface area contributed by atoms with E-state index in [4.69, 9.17) is 0 Å². The molecule has 0 saturated heterocycles. The standard InChI is InChI=1S/C19H24N2OS/c1-14-10-11-23-18(14)12-21(2)13-19(22)20-17-9-5-7-15-6-3-4-8-16(15)17/h3-4,6,8,10-11,17H,5,7,9,12-13H2,1-2H3,(H,20,22)/t17-/m0/s1. The molecule has 0 fully saturated rings. The Labute approximate surface area is 142 Å². The number of thiophene rings is 1. The van der Waals surface area contributed by atoms with Crippen molar-refractivity contribution in [1.82, 2.24) is 10.2 Å². The lowest BCUT2D eigenvalue weighted by molar-refractivity contribution is -0.122. The summed E-state index contributed by atoms with van der Waals surface area (Å²) in [6, 6.07) is 10.8. The Hall–Kier alpha value is -1.65. The van der Waals surface area contributed by atoms with Gasteiger partial charge in [0.2, 0.25) is 5.91 Å². The zero-order chi connectivity index (χ0) is 16.2. The van der Waals surface area contributed by atoms with Gasteiger partial charge in [0.25, 0.3) is 0 Å². The van der Waals surface area contributed by atoms with E-state index < -0.39 is 0 Å². The van der Waals surface area contributed by atoms with Crippen LogP contribution < -0.4 is 5.32 Å². The van der Waals surface area contributed by atoms with Gasteiger partial charge >= 0.3 is 0 Å². The Morgan fingerprint density at radius 1 is 1.35 bits per heavy atom. The van der Waals surface area contributed by atoms with Crippen LogP contribution in [0.25, 0.3) is 0 Å². The molecule has 0 unspecified atom stereocenters. The SMILES string of the molecule is Cc1ccsc1CN(C)CC(=O)N[C@H]1CCCc2ccccc21. The highest BCUT2D eigenvalue weighted by atomic mass is 32.1. The number of aryl methyl sites for hydroxylation is 2.